The molecule has 1 amide bonds. The Bertz CT molecular complexity index is 831. The Morgan fingerprint density at radius 1 is 1.22 bits per heavy atom. The lowest BCUT2D eigenvalue weighted by Crippen LogP contribution is -2.19. The van der Waals surface area contributed by atoms with Crippen LogP contribution in [0.1, 0.15) is 11.1 Å². The molecule has 0 unspecified atom stereocenters. The van der Waals surface area contributed by atoms with E-state index >= 15 is 0 Å². The highest BCUT2D eigenvalue weighted by atomic mass is 35.5. The van der Waals surface area contributed by atoms with Gasteiger partial charge in [0.05, 0.1) is 10.6 Å². The minimum atomic E-state index is -0.311. The van der Waals surface area contributed by atoms with Crippen LogP contribution in [0.3, 0.4) is 0 Å². The summed E-state index contributed by atoms with van der Waals surface area (Å²) in [5.41, 5.74) is 2.43. The molecule has 1 heterocycles. The summed E-state index contributed by atoms with van der Waals surface area (Å²) in [6.07, 6.45) is 1.70. The fourth-order valence-corrected chi connectivity index (χ4v) is 3.00. The third kappa shape index (κ3) is 3.81. The van der Waals surface area contributed by atoms with E-state index in [0.717, 1.165) is 11.1 Å². The molecule has 6 heteroatoms. The first kappa shape index (κ1) is 15.8. The smallest absolute Gasteiger partial charge is 0.264 e. The van der Waals surface area contributed by atoms with Crippen molar-refractivity contribution in [2.24, 2.45) is 4.99 Å². The second-order valence-electron chi connectivity index (χ2n) is 4.96. The topological polar surface area (TPSA) is 41.5 Å². The van der Waals surface area contributed by atoms with Crippen LogP contribution in [0.2, 0.25) is 5.02 Å². The molecule has 0 radical (unpaired) electrons. The number of aryl methyl sites for hydroxylation is 1. The zero-order chi connectivity index (χ0) is 16.4. The third-order valence-electron chi connectivity index (χ3n) is 3.21. The van der Waals surface area contributed by atoms with Crippen molar-refractivity contribution < 1.29 is 9.18 Å². The van der Waals surface area contributed by atoms with Crippen LogP contribution in [0, 0.1) is 12.7 Å². The lowest BCUT2D eigenvalue weighted by atomic mass is 10.2. The summed E-state index contributed by atoms with van der Waals surface area (Å²) in [6.45, 7) is 1.92. The molecule has 23 heavy (non-hydrogen) atoms. The number of nitrogens with one attached hydrogen (secondary N) is 1. The van der Waals surface area contributed by atoms with Gasteiger partial charge in [-0.25, -0.2) is 9.38 Å². The van der Waals surface area contributed by atoms with Gasteiger partial charge in [0, 0.05) is 5.02 Å². The van der Waals surface area contributed by atoms with Crippen LogP contribution in [0.4, 0.5) is 10.1 Å². The Balaban J connectivity index is 1.86. The van der Waals surface area contributed by atoms with Crippen LogP contribution in [0.25, 0.3) is 6.08 Å². The molecular formula is C17H12ClFN2OS. The van der Waals surface area contributed by atoms with E-state index in [4.69, 9.17) is 11.6 Å². The molecule has 0 aliphatic carbocycles. The zero-order valence-electron chi connectivity index (χ0n) is 12.1. The molecule has 1 fully saturated rings. The maximum atomic E-state index is 12.9. The first-order chi connectivity index (χ1) is 11.0. The van der Waals surface area contributed by atoms with Gasteiger partial charge in [0.15, 0.2) is 5.17 Å². The predicted molar refractivity (Wildman–Crippen MR) is 93.4 cm³/mol. The predicted octanol–water partition coefficient (Wildman–Crippen LogP) is 4.68. The van der Waals surface area contributed by atoms with Gasteiger partial charge < -0.3 is 5.32 Å². The van der Waals surface area contributed by atoms with E-state index in [1.165, 1.54) is 23.9 Å². The Morgan fingerprint density at radius 3 is 2.70 bits per heavy atom. The Morgan fingerprint density at radius 2 is 1.96 bits per heavy atom. The van der Waals surface area contributed by atoms with Crippen molar-refractivity contribution in [3.05, 3.63) is 69.3 Å². The molecule has 1 aliphatic heterocycles. The Kier molecular flexibility index (Phi) is 4.50. The summed E-state index contributed by atoms with van der Waals surface area (Å²) in [4.78, 5) is 17.0. The molecule has 0 bridgehead atoms. The number of carbonyl (C=O) groups is 1. The number of hydrogen-bond acceptors (Lipinski definition) is 3. The van der Waals surface area contributed by atoms with E-state index < -0.39 is 0 Å². The number of nitrogens with zero attached hydrogens (tertiary/aromatic N) is 1. The third-order valence-corrected chi connectivity index (χ3v) is 4.36. The number of aliphatic imine (C=N–C) groups is 1. The number of thioether (sulfide) groups is 1. The summed E-state index contributed by atoms with van der Waals surface area (Å²) >= 11 is 7.22. The highest BCUT2D eigenvalue weighted by Crippen LogP contribution is 2.30. The quantitative estimate of drug-likeness (QED) is 0.802. The van der Waals surface area contributed by atoms with E-state index in [1.54, 1.807) is 30.3 Å². The van der Waals surface area contributed by atoms with Crippen LogP contribution < -0.4 is 5.32 Å². The van der Waals surface area contributed by atoms with E-state index in [2.05, 4.69) is 10.3 Å². The molecule has 0 saturated carbocycles. The second-order valence-corrected chi connectivity index (χ2v) is 6.43. The Labute approximate surface area is 142 Å². The lowest BCUT2D eigenvalue weighted by molar-refractivity contribution is -0.115. The van der Waals surface area contributed by atoms with Gasteiger partial charge in [-0.05, 0) is 60.2 Å². The van der Waals surface area contributed by atoms with E-state index in [9.17, 15) is 9.18 Å². The van der Waals surface area contributed by atoms with Crippen LogP contribution in [0.5, 0.6) is 0 Å². The molecule has 0 aromatic heterocycles. The molecule has 1 N–H and O–H groups in total. The van der Waals surface area contributed by atoms with Gasteiger partial charge in [-0.2, -0.15) is 0 Å². The molecule has 0 spiro atoms. The van der Waals surface area contributed by atoms with Gasteiger partial charge in [0.2, 0.25) is 0 Å². The zero-order valence-corrected chi connectivity index (χ0v) is 13.7. The number of carbonyl (C=O) groups excluding carboxylic acids is 1. The number of hydrogen-bond donors (Lipinski definition) is 1. The number of benzene rings is 2. The molecule has 2 aromatic rings. The van der Waals surface area contributed by atoms with Gasteiger partial charge in [0.25, 0.3) is 5.91 Å². The SMILES string of the molecule is Cc1ccc(Cl)cc1N=C1NC(=O)/C(=C/c2ccc(F)cc2)S1. The number of amides is 1. The average Bonchev–Trinajstić information content (AvgIpc) is 2.85. The summed E-state index contributed by atoms with van der Waals surface area (Å²) < 4.78 is 12.9. The molecule has 1 aliphatic rings. The van der Waals surface area contributed by atoms with Gasteiger partial charge >= 0.3 is 0 Å². The molecule has 116 valence electrons. The molecule has 3 rings (SSSR count). The minimum absolute atomic E-state index is 0.224. The van der Waals surface area contributed by atoms with E-state index in [0.29, 0.717) is 20.8 Å². The van der Waals surface area contributed by atoms with Crippen LogP contribution in [-0.4, -0.2) is 11.1 Å². The summed E-state index contributed by atoms with van der Waals surface area (Å²) in [5, 5.41) is 3.80. The first-order valence-electron chi connectivity index (χ1n) is 6.82. The van der Waals surface area contributed by atoms with Crippen molar-refractivity contribution >= 4 is 46.2 Å². The van der Waals surface area contributed by atoms with E-state index in [1.807, 2.05) is 13.0 Å². The van der Waals surface area contributed by atoms with Crippen LogP contribution >= 0.6 is 23.4 Å². The largest absolute Gasteiger partial charge is 0.300 e. The summed E-state index contributed by atoms with van der Waals surface area (Å²) in [6, 6.07) is 11.4. The highest BCUT2D eigenvalue weighted by molar-refractivity contribution is 8.18. The molecular weight excluding hydrogens is 335 g/mol. The number of halogens is 2. The van der Waals surface area contributed by atoms with Crippen molar-refractivity contribution in [3.8, 4) is 0 Å². The molecule has 2 aromatic carbocycles. The monoisotopic (exact) mass is 346 g/mol. The maximum absolute atomic E-state index is 12.9. The summed E-state index contributed by atoms with van der Waals surface area (Å²) in [7, 11) is 0. The second kappa shape index (κ2) is 6.56. The van der Waals surface area contributed by atoms with Gasteiger partial charge in [-0.15, -0.1) is 0 Å². The van der Waals surface area contributed by atoms with Crippen molar-refractivity contribution in [3.63, 3.8) is 0 Å². The Hall–Kier alpha value is -2.11. The molecule has 3 nitrogen and oxygen atoms in total. The van der Waals surface area contributed by atoms with Crippen molar-refractivity contribution in [1.82, 2.24) is 5.32 Å². The fraction of sp³-hybridized carbons (Fsp3) is 0.0588. The van der Waals surface area contributed by atoms with Gasteiger partial charge in [-0.1, -0.05) is 29.8 Å². The van der Waals surface area contributed by atoms with Gasteiger partial charge in [-0.3, -0.25) is 4.79 Å². The molecule has 1 saturated heterocycles. The standard InChI is InChI=1S/C17H12ClFN2OS/c1-10-2-5-12(18)9-14(10)20-17-21-16(22)15(23-17)8-11-3-6-13(19)7-4-11/h2-9H,1H3,(H,20,21,22)/b15-8-. The molecule has 0 atom stereocenters. The fourth-order valence-electron chi connectivity index (χ4n) is 2.00. The van der Waals surface area contributed by atoms with Gasteiger partial charge in [0.1, 0.15) is 5.82 Å². The van der Waals surface area contributed by atoms with Crippen LogP contribution in [-0.2, 0) is 4.79 Å². The number of amidine groups is 1. The normalized spacial score (nSPS) is 17.8. The van der Waals surface area contributed by atoms with Crippen molar-refractivity contribution in [2.75, 3.05) is 0 Å². The first-order valence-corrected chi connectivity index (χ1v) is 8.02. The summed E-state index contributed by atoms with van der Waals surface area (Å²) in [5.74, 6) is -0.535. The van der Waals surface area contributed by atoms with Crippen molar-refractivity contribution in [1.29, 1.82) is 0 Å². The van der Waals surface area contributed by atoms with Crippen LogP contribution in [0.15, 0.2) is 52.4 Å². The van der Waals surface area contributed by atoms with Crippen molar-refractivity contribution in [2.45, 2.75) is 6.92 Å². The maximum Gasteiger partial charge on any atom is 0.264 e. The minimum Gasteiger partial charge on any atom is -0.300 e. The average molecular weight is 347 g/mol. The van der Waals surface area contributed by atoms with E-state index in [-0.39, 0.29) is 11.7 Å². The highest BCUT2D eigenvalue weighted by Gasteiger charge is 2.23. The lowest BCUT2D eigenvalue weighted by Gasteiger charge is -2.01. The number of rotatable bonds is 2.